The zero-order valence-electron chi connectivity index (χ0n) is 15.8. The maximum absolute atomic E-state index is 12.6. The van der Waals surface area contributed by atoms with Gasteiger partial charge < -0.3 is 4.90 Å². The minimum Gasteiger partial charge on any atom is -0.342 e. The van der Waals surface area contributed by atoms with Gasteiger partial charge >= 0.3 is 0 Å². The van der Waals surface area contributed by atoms with Crippen molar-refractivity contribution in [3.8, 4) is 0 Å². The van der Waals surface area contributed by atoms with Crippen molar-refractivity contribution < 1.29 is 13.2 Å². The normalized spacial score (nSPS) is 15.7. The standard InChI is InChI=1S/C21H22N2O3S3/c24-20(15-28-19-8-7-16-4-1-2-5-17(16)14-19)23-11-9-18(10-12-23)22-29(25,26)21-6-3-13-27-21/h1-8,13-14,18,22H,9-12,15H2. The van der Waals surface area contributed by atoms with E-state index in [1.165, 1.54) is 22.1 Å². The highest BCUT2D eigenvalue weighted by Crippen LogP contribution is 2.25. The predicted octanol–water partition coefficient (Wildman–Crippen LogP) is 3.96. The van der Waals surface area contributed by atoms with Crippen molar-refractivity contribution in [2.45, 2.75) is 28.0 Å². The first-order valence-electron chi connectivity index (χ1n) is 9.46. The number of fused-ring (bicyclic) bond motifs is 1. The Morgan fingerprint density at radius 2 is 1.83 bits per heavy atom. The Kier molecular flexibility index (Phi) is 6.24. The second-order valence-electron chi connectivity index (χ2n) is 7.01. The molecule has 29 heavy (non-hydrogen) atoms. The molecule has 0 saturated carbocycles. The van der Waals surface area contributed by atoms with Gasteiger partial charge in [-0.15, -0.1) is 23.1 Å². The van der Waals surface area contributed by atoms with Gasteiger partial charge in [-0.25, -0.2) is 13.1 Å². The molecule has 8 heteroatoms. The van der Waals surface area contributed by atoms with Gasteiger partial charge in [0.2, 0.25) is 15.9 Å². The number of thiophene rings is 1. The molecule has 2 heterocycles. The molecule has 4 rings (SSSR count). The molecule has 1 fully saturated rings. The van der Waals surface area contributed by atoms with E-state index < -0.39 is 10.0 Å². The highest BCUT2D eigenvalue weighted by atomic mass is 32.2. The van der Waals surface area contributed by atoms with Gasteiger partial charge in [0.1, 0.15) is 4.21 Å². The lowest BCUT2D eigenvalue weighted by Crippen LogP contribution is -2.46. The third kappa shape index (κ3) is 5.01. The van der Waals surface area contributed by atoms with Gasteiger partial charge in [0.15, 0.2) is 0 Å². The predicted molar refractivity (Wildman–Crippen MR) is 119 cm³/mol. The summed E-state index contributed by atoms with van der Waals surface area (Å²) in [6.07, 6.45) is 1.27. The van der Waals surface area contributed by atoms with Crippen molar-refractivity contribution in [1.29, 1.82) is 0 Å². The summed E-state index contributed by atoms with van der Waals surface area (Å²) in [5.74, 6) is 0.493. The number of nitrogens with one attached hydrogen (secondary N) is 1. The van der Waals surface area contributed by atoms with Crippen LogP contribution in [0.5, 0.6) is 0 Å². The van der Waals surface area contributed by atoms with E-state index in [2.05, 4.69) is 29.0 Å². The molecule has 5 nitrogen and oxygen atoms in total. The lowest BCUT2D eigenvalue weighted by Gasteiger charge is -2.32. The number of amides is 1. The van der Waals surface area contributed by atoms with Crippen LogP contribution in [0.15, 0.2) is 69.1 Å². The fourth-order valence-corrected chi connectivity index (χ4v) is 6.60. The van der Waals surface area contributed by atoms with Gasteiger partial charge in [0.25, 0.3) is 0 Å². The summed E-state index contributed by atoms with van der Waals surface area (Å²) in [6, 6.07) is 17.6. The fraction of sp³-hybridized carbons (Fsp3) is 0.286. The van der Waals surface area contributed by atoms with Crippen LogP contribution in [0.25, 0.3) is 10.8 Å². The van der Waals surface area contributed by atoms with E-state index >= 15 is 0 Å². The molecule has 1 aromatic heterocycles. The Bertz CT molecular complexity index is 1090. The van der Waals surface area contributed by atoms with E-state index in [4.69, 9.17) is 0 Å². The van der Waals surface area contributed by atoms with E-state index in [-0.39, 0.29) is 11.9 Å². The van der Waals surface area contributed by atoms with Crippen LogP contribution in [-0.4, -0.2) is 44.1 Å². The highest BCUT2D eigenvalue weighted by Gasteiger charge is 2.27. The number of likely N-dealkylation sites (tertiary alicyclic amines) is 1. The summed E-state index contributed by atoms with van der Waals surface area (Å²) in [5.41, 5.74) is 0. The first kappa shape index (κ1) is 20.4. The molecule has 3 aromatic rings. The topological polar surface area (TPSA) is 66.5 Å². The molecule has 0 aliphatic carbocycles. The molecule has 0 spiro atoms. The van der Waals surface area contributed by atoms with Crippen LogP contribution in [0.3, 0.4) is 0 Å². The third-order valence-electron chi connectivity index (χ3n) is 5.01. The number of carbonyl (C=O) groups excluding carboxylic acids is 1. The van der Waals surface area contributed by atoms with Crippen molar-refractivity contribution in [1.82, 2.24) is 9.62 Å². The smallest absolute Gasteiger partial charge is 0.250 e. The molecule has 0 bridgehead atoms. The molecule has 0 atom stereocenters. The van der Waals surface area contributed by atoms with Crippen molar-refractivity contribution in [2.75, 3.05) is 18.8 Å². The minimum atomic E-state index is -3.46. The quantitative estimate of drug-likeness (QED) is 0.582. The summed E-state index contributed by atoms with van der Waals surface area (Å²) in [6.45, 7) is 1.16. The van der Waals surface area contributed by atoms with Crippen LogP contribution in [0.2, 0.25) is 0 Å². The minimum absolute atomic E-state index is 0.0997. The van der Waals surface area contributed by atoms with Crippen molar-refractivity contribution in [2.24, 2.45) is 0 Å². The van der Waals surface area contributed by atoms with E-state index in [0.29, 0.717) is 35.9 Å². The van der Waals surface area contributed by atoms with Crippen LogP contribution in [0, 0.1) is 0 Å². The number of rotatable bonds is 6. The second kappa shape index (κ2) is 8.87. The zero-order chi connectivity index (χ0) is 20.3. The average Bonchev–Trinajstić information content (AvgIpc) is 3.28. The van der Waals surface area contributed by atoms with E-state index in [1.54, 1.807) is 29.3 Å². The molecule has 1 amide bonds. The van der Waals surface area contributed by atoms with Gasteiger partial charge in [-0.2, -0.15) is 0 Å². The van der Waals surface area contributed by atoms with Crippen LogP contribution in [0.1, 0.15) is 12.8 Å². The first-order valence-corrected chi connectivity index (χ1v) is 12.8. The Labute approximate surface area is 179 Å². The molecule has 1 saturated heterocycles. The van der Waals surface area contributed by atoms with Gasteiger partial charge in [-0.1, -0.05) is 36.4 Å². The Morgan fingerprint density at radius 3 is 2.55 bits per heavy atom. The number of hydrogen-bond donors (Lipinski definition) is 1. The summed E-state index contributed by atoms with van der Waals surface area (Å²) >= 11 is 2.76. The van der Waals surface area contributed by atoms with Crippen LogP contribution in [-0.2, 0) is 14.8 Å². The summed E-state index contributed by atoms with van der Waals surface area (Å²) in [4.78, 5) is 15.5. The monoisotopic (exact) mass is 446 g/mol. The lowest BCUT2D eigenvalue weighted by molar-refractivity contribution is -0.129. The number of carbonyl (C=O) groups is 1. The molecular weight excluding hydrogens is 424 g/mol. The Hall–Kier alpha value is -1.87. The van der Waals surface area contributed by atoms with Crippen molar-refractivity contribution in [3.05, 3.63) is 60.0 Å². The van der Waals surface area contributed by atoms with Crippen LogP contribution >= 0.6 is 23.1 Å². The number of hydrogen-bond acceptors (Lipinski definition) is 5. The largest absolute Gasteiger partial charge is 0.342 e. The van der Waals surface area contributed by atoms with Crippen molar-refractivity contribution in [3.63, 3.8) is 0 Å². The third-order valence-corrected chi connectivity index (χ3v) is 8.91. The van der Waals surface area contributed by atoms with Crippen molar-refractivity contribution >= 4 is 49.8 Å². The molecule has 2 aromatic carbocycles. The molecule has 1 aliphatic rings. The van der Waals surface area contributed by atoms with Gasteiger partial charge in [0.05, 0.1) is 5.75 Å². The van der Waals surface area contributed by atoms with Crippen LogP contribution in [0.4, 0.5) is 0 Å². The Morgan fingerprint density at radius 1 is 1.07 bits per heavy atom. The van der Waals surface area contributed by atoms with E-state index in [0.717, 1.165) is 4.90 Å². The van der Waals surface area contributed by atoms with Gasteiger partial charge in [-0.3, -0.25) is 4.79 Å². The molecule has 0 unspecified atom stereocenters. The first-order chi connectivity index (χ1) is 14.0. The number of sulfonamides is 1. The number of piperidine rings is 1. The number of nitrogens with zero attached hydrogens (tertiary/aromatic N) is 1. The van der Waals surface area contributed by atoms with E-state index in [1.807, 2.05) is 23.1 Å². The SMILES string of the molecule is O=C(CSc1ccc2ccccc2c1)N1CCC(NS(=O)(=O)c2cccs2)CC1. The van der Waals surface area contributed by atoms with Gasteiger partial charge in [0, 0.05) is 24.0 Å². The fourth-order valence-electron chi connectivity index (χ4n) is 3.43. The second-order valence-corrected chi connectivity index (χ2v) is 10.9. The summed E-state index contributed by atoms with van der Waals surface area (Å²) < 4.78 is 27.8. The average molecular weight is 447 g/mol. The lowest BCUT2D eigenvalue weighted by atomic mass is 10.1. The van der Waals surface area contributed by atoms with Crippen LogP contribution < -0.4 is 4.72 Å². The highest BCUT2D eigenvalue weighted by molar-refractivity contribution is 8.00. The Balaban J connectivity index is 1.27. The maximum Gasteiger partial charge on any atom is 0.250 e. The summed E-state index contributed by atoms with van der Waals surface area (Å²) in [5, 5.41) is 4.11. The molecule has 152 valence electrons. The molecule has 1 aliphatic heterocycles. The molecule has 0 radical (unpaired) electrons. The maximum atomic E-state index is 12.6. The number of benzene rings is 2. The number of thioether (sulfide) groups is 1. The molecule has 1 N–H and O–H groups in total. The summed E-state index contributed by atoms with van der Waals surface area (Å²) in [7, 11) is -3.46. The van der Waals surface area contributed by atoms with E-state index in [9.17, 15) is 13.2 Å². The van der Waals surface area contributed by atoms with Gasteiger partial charge in [-0.05, 0) is 47.2 Å². The molecular formula is C21H22N2O3S3. The zero-order valence-corrected chi connectivity index (χ0v) is 18.2.